The van der Waals surface area contributed by atoms with Crippen LogP contribution >= 0.6 is 0 Å². The van der Waals surface area contributed by atoms with Gasteiger partial charge in [0.25, 0.3) is 0 Å². The van der Waals surface area contributed by atoms with Gasteiger partial charge in [0.15, 0.2) is 0 Å². The van der Waals surface area contributed by atoms with Gasteiger partial charge in [0.2, 0.25) is 0 Å². The number of fused-ring (bicyclic) bond motifs is 15. The average Bonchev–Trinajstić information content (AvgIpc) is 3.92. The monoisotopic (exact) mass is 828 g/mol. The summed E-state index contributed by atoms with van der Waals surface area (Å²) in [6, 6.07) is 72.6. The zero-order valence-corrected chi connectivity index (χ0v) is 36.9. The Morgan fingerprint density at radius 3 is 1.66 bits per heavy atom. The predicted octanol–water partition coefficient (Wildman–Crippen LogP) is 17.8. The van der Waals surface area contributed by atoms with E-state index in [9.17, 15) is 0 Å². The van der Waals surface area contributed by atoms with Gasteiger partial charge in [0.1, 0.15) is 11.2 Å². The lowest BCUT2D eigenvalue weighted by molar-refractivity contribution is 0.658. The van der Waals surface area contributed by atoms with E-state index >= 15 is 0 Å². The van der Waals surface area contributed by atoms with Gasteiger partial charge in [-0.1, -0.05) is 198 Å². The first-order valence-electron chi connectivity index (χ1n) is 23.0. The van der Waals surface area contributed by atoms with Gasteiger partial charge in [0, 0.05) is 27.0 Å². The standard InChI is InChI=1S/C64H44O/c1-63(2)53-32-29-39(42-24-14-26-50-59-54(64(3,4)61(42)50)33-34-56-60(59)51-31-27-38-16-6-8-19-43(38)62(51)65-56)35-52(53)44-30-28-40(36-55(44)63)57-46-20-9-11-22-48(46)58(49-23-12-10-21-47(49)57)45-25-13-17-37-15-5-7-18-41(37)45/h5-36H,1-4H3. The number of rotatable bonds is 3. The lowest BCUT2D eigenvalue weighted by atomic mass is 9.78. The third-order valence-electron chi connectivity index (χ3n) is 15.4. The van der Waals surface area contributed by atoms with E-state index in [0.29, 0.717) is 0 Å². The zero-order chi connectivity index (χ0) is 43.3. The maximum atomic E-state index is 6.71. The molecule has 0 saturated carbocycles. The fraction of sp³-hybridized carbons (Fsp3) is 0.0938. The topological polar surface area (TPSA) is 13.1 Å². The van der Waals surface area contributed by atoms with Crippen LogP contribution < -0.4 is 0 Å². The van der Waals surface area contributed by atoms with E-state index in [1.165, 1.54) is 126 Å². The molecule has 11 aromatic carbocycles. The van der Waals surface area contributed by atoms with Crippen LogP contribution in [0, 0.1) is 0 Å². The van der Waals surface area contributed by atoms with E-state index < -0.39 is 0 Å². The van der Waals surface area contributed by atoms with Crippen molar-refractivity contribution in [1.29, 1.82) is 0 Å². The highest BCUT2D eigenvalue weighted by Gasteiger charge is 2.41. The third-order valence-corrected chi connectivity index (χ3v) is 15.4. The van der Waals surface area contributed by atoms with Crippen molar-refractivity contribution in [3.8, 4) is 55.6 Å². The predicted molar refractivity (Wildman–Crippen MR) is 275 cm³/mol. The minimum Gasteiger partial charge on any atom is -0.455 e. The van der Waals surface area contributed by atoms with Gasteiger partial charge in [0.05, 0.1) is 0 Å². The molecule has 0 aliphatic heterocycles. The van der Waals surface area contributed by atoms with Crippen LogP contribution in [-0.2, 0) is 10.8 Å². The highest BCUT2D eigenvalue weighted by Crippen LogP contribution is 2.57. The minimum absolute atomic E-state index is 0.181. The molecule has 12 aromatic rings. The molecule has 1 aromatic heterocycles. The maximum absolute atomic E-state index is 6.71. The molecule has 0 saturated heterocycles. The van der Waals surface area contributed by atoms with Crippen molar-refractivity contribution in [1.82, 2.24) is 0 Å². The summed E-state index contributed by atoms with van der Waals surface area (Å²) >= 11 is 0. The van der Waals surface area contributed by atoms with Crippen molar-refractivity contribution in [2.75, 3.05) is 0 Å². The van der Waals surface area contributed by atoms with Crippen LogP contribution in [0.1, 0.15) is 49.9 Å². The molecule has 0 N–H and O–H groups in total. The second kappa shape index (κ2) is 12.9. The lowest BCUT2D eigenvalue weighted by Gasteiger charge is -2.25. The summed E-state index contributed by atoms with van der Waals surface area (Å²) in [7, 11) is 0. The molecular formula is C64H44O. The Hall–Kier alpha value is -7.74. The molecular weight excluding hydrogens is 785 g/mol. The molecule has 0 bridgehead atoms. The van der Waals surface area contributed by atoms with Crippen LogP contribution in [0.25, 0.3) is 121 Å². The molecule has 14 rings (SSSR count). The molecule has 306 valence electrons. The second-order valence-corrected chi connectivity index (χ2v) is 19.5. The molecule has 2 aliphatic rings. The Morgan fingerprint density at radius 1 is 0.323 bits per heavy atom. The van der Waals surface area contributed by atoms with Crippen molar-refractivity contribution < 1.29 is 4.42 Å². The van der Waals surface area contributed by atoms with Gasteiger partial charge >= 0.3 is 0 Å². The summed E-state index contributed by atoms with van der Waals surface area (Å²) in [6.07, 6.45) is 0. The first kappa shape index (κ1) is 36.7. The molecule has 0 unspecified atom stereocenters. The van der Waals surface area contributed by atoms with E-state index in [1.807, 2.05) is 0 Å². The number of benzene rings is 11. The van der Waals surface area contributed by atoms with Gasteiger partial charge in [-0.15, -0.1) is 0 Å². The van der Waals surface area contributed by atoms with Gasteiger partial charge in [-0.25, -0.2) is 0 Å². The van der Waals surface area contributed by atoms with Gasteiger partial charge in [-0.05, 0) is 140 Å². The number of hydrogen-bond donors (Lipinski definition) is 0. The Balaban J connectivity index is 0.930. The highest BCUT2D eigenvalue weighted by molar-refractivity contribution is 6.24. The normalized spacial score (nSPS) is 14.4. The van der Waals surface area contributed by atoms with Crippen LogP contribution in [0.15, 0.2) is 199 Å². The number of furan rings is 1. The summed E-state index contributed by atoms with van der Waals surface area (Å²) in [5, 5.41) is 12.4. The second-order valence-electron chi connectivity index (χ2n) is 19.5. The quantitative estimate of drug-likeness (QED) is 0.162. The van der Waals surface area contributed by atoms with Crippen molar-refractivity contribution in [3.63, 3.8) is 0 Å². The fourth-order valence-electron chi connectivity index (χ4n) is 12.5. The van der Waals surface area contributed by atoms with Crippen molar-refractivity contribution in [2.24, 2.45) is 0 Å². The van der Waals surface area contributed by atoms with Crippen LogP contribution in [-0.4, -0.2) is 0 Å². The van der Waals surface area contributed by atoms with E-state index in [0.717, 1.165) is 16.6 Å². The molecule has 0 amide bonds. The Kier molecular flexibility index (Phi) is 7.30. The average molecular weight is 829 g/mol. The molecule has 0 fully saturated rings. The Morgan fingerprint density at radius 2 is 0.908 bits per heavy atom. The summed E-state index contributed by atoms with van der Waals surface area (Å²) in [6.45, 7) is 9.62. The van der Waals surface area contributed by atoms with Crippen LogP contribution in [0.4, 0.5) is 0 Å². The van der Waals surface area contributed by atoms with Gasteiger partial charge in [-0.3, -0.25) is 0 Å². The summed E-state index contributed by atoms with van der Waals surface area (Å²) in [5.41, 5.74) is 20.0. The van der Waals surface area contributed by atoms with Crippen molar-refractivity contribution in [2.45, 2.75) is 38.5 Å². The van der Waals surface area contributed by atoms with E-state index in [1.54, 1.807) is 0 Å². The molecule has 1 heterocycles. The zero-order valence-electron chi connectivity index (χ0n) is 36.9. The van der Waals surface area contributed by atoms with Crippen molar-refractivity contribution in [3.05, 3.63) is 216 Å². The molecule has 0 radical (unpaired) electrons. The van der Waals surface area contributed by atoms with Crippen molar-refractivity contribution >= 4 is 65.0 Å². The summed E-state index contributed by atoms with van der Waals surface area (Å²) in [4.78, 5) is 0. The molecule has 1 nitrogen and oxygen atoms in total. The molecule has 2 aliphatic carbocycles. The van der Waals surface area contributed by atoms with E-state index in [4.69, 9.17) is 4.42 Å². The Bertz CT molecular complexity index is 4000. The lowest BCUT2D eigenvalue weighted by Crippen LogP contribution is -2.16. The first-order valence-corrected chi connectivity index (χ1v) is 23.0. The molecule has 0 spiro atoms. The van der Waals surface area contributed by atoms with Gasteiger partial charge < -0.3 is 4.42 Å². The smallest absolute Gasteiger partial charge is 0.143 e. The summed E-state index contributed by atoms with van der Waals surface area (Å²) < 4.78 is 6.71. The molecule has 65 heavy (non-hydrogen) atoms. The SMILES string of the molecule is CC1(C)c2ccc(-c3cccc4c3C(C)(C)c3ccc5oc6c7ccccc7ccc6c5c3-4)cc2-c2ccc(-c3c4ccccc4c(-c4cccc5ccccc45)c4ccccc34)cc21. The highest BCUT2D eigenvalue weighted by atomic mass is 16.3. The van der Waals surface area contributed by atoms with Crippen LogP contribution in [0.2, 0.25) is 0 Å². The van der Waals surface area contributed by atoms with Crippen LogP contribution in [0.5, 0.6) is 0 Å². The van der Waals surface area contributed by atoms with Gasteiger partial charge in [-0.2, -0.15) is 0 Å². The minimum atomic E-state index is -0.213. The molecule has 1 heteroatoms. The third kappa shape index (κ3) is 4.88. The van der Waals surface area contributed by atoms with Crippen LogP contribution in [0.3, 0.4) is 0 Å². The Labute approximate surface area is 378 Å². The first-order chi connectivity index (χ1) is 31.8. The van der Waals surface area contributed by atoms with E-state index in [-0.39, 0.29) is 10.8 Å². The summed E-state index contributed by atoms with van der Waals surface area (Å²) in [5.74, 6) is 0. The fourth-order valence-corrected chi connectivity index (χ4v) is 12.5. The molecule has 0 atom stereocenters. The van der Waals surface area contributed by atoms with E-state index in [2.05, 4.69) is 222 Å². The maximum Gasteiger partial charge on any atom is 0.143 e. The number of hydrogen-bond acceptors (Lipinski definition) is 1. The largest absolute Gasteiger partial charge is 0.455 e.